The number of hydrazine groups is 1. The van der Waals surface area contributed by atoms with Crippen LogP contribution in [0.15, 0.2) is 53.7 Å². The van der Waals surface area contributed by atoms with Crippen molar-refractivity contribution < 1.29 is 9.90 Å². The molecule has 0 spiro atoms. The number of anilines is 1. The number of carboxylic acids is 1. The van der Waals surface area contributed by atoms with Gasteiger partial charge in [0.1, 0.15) is 16.9 Å². The van der Waals surface area contributed by atoms with Crippen LogP contribution in [-0.2, 0) is 7.05 Å². The topological polar surface area (TPSA) is 111 Å². The Hall–Kier alpha value is -4.28. The monoisotopic (exact) mass is 523 g/mol. The smallest absolute Gasteiger partial charge is 0.341 e. The van der Waals surface area contributed by atoms with Crippen LogP contribution in [0.2, 0.25) is 0 Å². The van der Waals surface area contributed by atoms with E-state index in [-0.39, 0.29) is 10.9 Å². The molecule has 7 rings (SSSR count). The Morgan fingerprint density at radius 1 is 1.13 bits per heavy atom. The molecule has 39 heavy (non-hydrogen) atoms. The van der Waals surface area contributed by atoms with Crippen molar-refractivity contribution in [3.05, 3.63) is 64.7 Å². The van der Waals surface area contributed by atoms with Crippen molar-refractivity contribution >= 4 is 44.6 Å². The van der Waals surface area contributed by atoms with Gasteiger partial charge >= 0.3 is 5.97 Å². The molecule has 0 saturated carbocycles. The first kappa shape index (κ1) is 23.8. The number of fused-ring (bicyclic) bond motifs is 5. The lowest BCUT2D eigenvalue weighted by Gasteiger charge is -2.36. The zero-order valence-electron chi connectivity index (χ0n) is 22.0. The molecule has 4 aromatic heterocycles. The number of aromatic nitrogens is 4. The number of likely N-dealkylation sites (N-methyl/N-ethyl adjacent to an activating group) is 1. The Balaban J connectivity index is 1.48. The van der Waals surface area contributed by atoms with Crippen LogP contribution < -0.4 is 10.4 Å². The maximum absolute atomic E-state index is 13.2. The molecule has 0 radical (unpaired) electrons. The lowest BCUT2D eigenvalue weighted by Crippen LogP contribution is -2.46. The van der Waals surface area contributed by atoms with Crippen molar-refractivity contribution in [3.8, 4) is 11.1 Å². The second-order valence-corrected chi connectivity index (χ2v) is 10.8. The van der Waals surface area contributed by atoms with Crippen LogP contribution in [0.25, 0.3) is 44.1 Å². The van der Waals surface area contributed by atoms with Gasteiger partial charge in [-0.15, -0.1) is 0 Å². The van der Waals surface area contributed by atoms with Crippen molar-refractivity contribution in [2.24, 2.45) is 13.0 Å². The predicted molar refractivity (Wildman–Crippen MR) is 151 cm³/mol. The zero-order chi connectivity index (χ0) is 27.0. The summed E-state index contributed by atoms with van der Waals surface area (Å²) in [6.45, 7) is 3.08. The van der Waals surface area contributed by atoms with Gasteiger partial charge in [-0.25, -0.2) is 19.8 Å². The highest BCUT2D eigenvalue weighted by atomic mass is 16.4. The average molecular weight is 524 g/mol. The summed E-state index contributed by atoms with van der Waals surface area (Å²) in [5.41, 5.74) is 3.94. The number of para-hydroxylation sites is 1. The number of benzene rings is 1. The van der Waals surface area contributed by atoms with Gasteiger partial charge in [-0.2, -0.15) is 0 Å². The number of aryl methyl sites for hydroxylation is 1. The molecule has 2 N–H and O–H groups in total. The van der Waals surface area contributed by atoms with Crippen LogP contribution in [0.3, 0.4) is 0 Å². The number of pyridine rings is 3. The number of rotatable bonds is 4. The number of nitrogens with one attached hydrogen (secondary N) is 1. The highest BCUT2D eigenvalue weighted by molar-refractivity contribution is 6.15. The van der Waals surface area contributed by atoms with Crippen LogP contribution in [0, 0.1) is 5.92 Å². The highest BCUT2D eigenvalue weighted by Crippen LogP contribution is 2.42. The lowest BCUT2D eigenvalue weighted by molar-refractivity contribution is 0.0695. The minimum atomic E-state index is -1.25. The first-order valence-corrected chi connectivity index (χ1v) is 13.1. The van der Waals surface area contributed by atoms with Gasteiger partial charge in [-0.1, -0.05) is 18.2 Å². The van der Waals surface area contributed by atoms with E-state index in [0.717, 1.165) is 59.2 Å². The second kappa shape index (κ2) is 8.62. The third-order valence-corrected chi connectivity index (χ3v) is 8.46. The molecule has 1 aromatic carbocycles. The lowest BCUT2D eigenvalue weighted by atomic mass is 10.0. The van der Waals surface area contributed by atoms with E-state index < -0.39 is 11.4 Å². The molecule has 2 saturated heterocycles. The Kier molecular flexibility index (Phi) is 5.26. The molecule has 10 heteroatoms. The molecule has 2 atom stereocenters. The highest BCUT2D eigenvalue weighted by Gasteiger charge is 2.42. The second-order valence-electron chi connectivity index (χ2n) is 10.8. The SMILES string of the molecule is CN1CC2CCN(N(C)c3c(-c4cnc5c(c4)c(=O)c(C(=O)O)cn5C)cnc4[nH]c5ccccc5c34)C2C1. The van der Waals surface area contributed by atoms with E-state index in [9.17, 15) is 14.7 Å². The number of carboxylic acid groups (broad SMARTS) is 1. The van der Waals surface area contributed by atoms with Crippen LogP contribution >= 0.6 is 0 Å². The average Bonchev–Trinajstić information content (AvgIpc) is 3.61. The van der Waals surface area contributed by atoms with E-state index in [2.05, 4.69) is 45.0 Å². The standard InChI is InChI=1S/C29H29N7O3/c1-33-13-16-8-9-36(23(16)15-33)35(3)25-20(12-30-27-24(25)18-6-4-5-7-22(18)32-27)17-10-19-26(37)21(29(38)39)14-34(2)28(19)31-11-17/h4-7,10-12,14,16,23H,8-9,13,15H2,1-3H3,(H,30,32)(H,38,39). The maximum atomic E-state index is 13.2. The Labute approximate surface area is 224 Å². The number of H-pyrrole nitrogens is 1. The fourth-order valence-corrected chi connectivity index (χ4v) is 6.65. The van der Waals surface area contributed by atoms with Crippen LogP contribution in [0.4, 0.5) is 5.69 Å². The molecular formula is C29H29N7O3. The molecular weight excluding hydrogens is 494 g/mol. The summed E-state index contributed by atoms with van der Waals surface area (Å²) in [5, 5.41) is 16.7. The normalized spacial score (nSPS) is 19.9. The van der Waals surface area contributed by atoms with Crippen molar-refractivity contribution in [2.75, 3.05) is 38.7 Å². The van der Waals surface area contributed by atoms with E-state index in [0.29, 0.717) is 23.2 Å². The van der Waals surface area contributed by atoms with Crippen molar-refractivity contribution in [1.82, 2.24) is 29.4 Å². The molecule has 0 bridgehead atoms. The van der Waals surface area contributed by atoms with E-state index in [1.54, 1.807) is 23.9 Å². The molecule has 5 aromatic rings. The first-order chi connectivity index (χ1) is 18.8. The van der Waals surface area contributed by atoms with E-state index in [1.165, 1.54) is 6.20 Å². The molecule has 10 nitrogen and oxygen atoms in total. The van der Waals surface area contributed by atoms with Crippen LogP contribution in [0.5, 0.6) is 0 Å². The molecule has 198 valence electrons. The molecule has 2 fully saturated rings. The summed E-state index contributed by atoms with van der Waals surface area (Å²) in [5.74, 6) is -0.628. The van der Waals surface area contributed by atoms with Crippen molar-refractivity contribution in [1.29, 1.82) is 0 Å². The van der Waals surface area contributed by atoms with Gasteiger partial charge in [0.25, 0.3) is 0 Å². The largest absolute Gasteiger partial charge is 0.477 e. The van der Waals surface area contributed by atoms with Crippen molar-refractivity contribution in [2.45, 2.75) is 12.5 Å². The molecule has 2 unspecified atom stereocenters. The van der Waals surface area contributed by atoms with E-state index in [4.69, 9.17) is 4.98 Å². The Morgan fingerprint density at radius 2 is 1.95 bits per heavy atom. The van der Waals surface area contributed by atoms with Gasteiger partial charge in [0, 0.05) is 80.4 Å². The quantitative estimate of drug-likeness (QED) is 0.369. The van der Waals surface area contributed by atoms with Crippen LogP contribution in [-0.4, -0.2) is 80.3 Å². The molecule has 0 amide bonds. The Morgan fingerprint density at radius 3 is 2.77 bits per heavy atom. The van der Waals surface area contributed by atoms with Crippen LogP contribution in [0.1, 0.15) is 16.8 Å². The predicted octanol–water partition coefficient (Wildman–Crippen LogP) is 3.32. The fraction of sp³-hybridized carbons (Fsp3) is 0.310. The maximum Gasteiger partial charge on any atom is 0.341 e. The van der Waals surface area contributed by atoms with E-state index >= 15 is 0 Å². The van der Waals surface area contributed by atoms with Crippen molar-refractivity contribution in [3.63, 3.8) is 0 Å². The molecule has 2 aliphatic heterocycles. The van der Waals surface area contributed by atoms with Gasteiger partial charge in [0.2, 0.25) is 5.43 Å². The summed E-state index contributed by atoms with van der Waals surface area (Å²) in [4.78, 5) is 40.2. The van der Waals surface area contributed by atoms with Gasteiger partial charge < -0.3 is 24.6 Å². The first-order valence-electron chi connectivity index (χ1n) is 13.1. The summed E-state index contributed by atoms with van der Waals surface area (Å²) < 4.78 is 1.58. The number of nitrogens with zero attached hydrogens (tertiary/aromatic N) is 6. The zero-order valence-corrected chi connectivity index (χ0v) is 22.0. The van der Waals surface area contributed by atoms with Gasteiger partial charge in [0.15, 0.2) is 0 Å². The third-order valence-electron chi connectivity index (χ3n) is 8.46. The summed E-state index contributed by atoms with van der Waals surface area (Å²) in [6, 6.07) is 10.3. The number of hydrogen-bond acceptors (Lipinski definition) is 7. The van der Waals surface area contributed by atoms with Gasteiger partial charge in [-0.3, -0.25) is 4.79 Å². The summed E-state index contributed by atoms with van der Waals surface area (Å²) in [7, 11) is 5.98. The number of aromatic carboxylic acids is 1. The van der Waals surface area contributed by atoms with E-state index in [1.807, 2.05) is 24.4 Å². The number of aromatic amines is 1. The van der Waals surface area contributed by atoms with Gasteiger partial charge in [0.05, 0.1) is 16.5 Å². The Bertz CT molecular complexity index is 1860. The fourth-order valence-electron chi connectivity index (χ4n) is 6.65. The number of hydrogen-bond donors (Lipinski definition) is 2. The molecule has 6 heterocycles. The summed E-state index contributed by atoms with van der Waals surface area (Å²) >= 11 is 0. The van der Waals surface area contributed by atoms with Gasteiger partial charge in [-0.05, 0) is 31.5 Å². The minimum Gasteiger partial charge on any atom is -0.477 e. The number of carbonyl (C=O) groups is 1. The molecule has 2 aliphatic rings. The number of likely N-dealkylation sites (tertiary alicyclic amines) is 1. The third kappa shape index (κ3) is 3.55. The minimum absolute atomic E-state index is 0.265. The summed E-state index contributed by atoms with van der Waals surface area (Å²) in [6.07, 6.45) is 6.03. The molecule has 0 aliphatic carbocycles.